The van der Waals surface area contributed by atoms with Crippen molar-refractivity contribution in [2.75, 3.05) is 0 Å². The molecule has 0 bridgehead atoms. The molecule has 6 aromatic carbocycles. The fraction of sp³-hybridized carbons (Fsp3) is 0.100. The summed E-state index contributed by atoms with van der Waals surface area (Å²) in [5, 5.41) is 0. The quantitative estimate of drug-likeness (QED) is 0.0576. The molecule has 242 valence electrons. The number of benzene rings is 6. The second-order valence-corrected chi connectivity index (χ2v) is 15.8. The maximum Gasteiger partial charge on any atom is 0.0446 e. The van der Waals surface area contributed by atoms with Gasteiger partial charge in [0.05, 0.1) is 0 Å². The first-order valence-electron chi connectivity index (χ1n) is 15.2. The zero-order valence-electron chi connectivity index (χ0n) is 26.1. The summed E-state index contributed by atoms with van der Waals surface area (Å²) in [4.78, 5) is 6.65. The molecule has 0 aliphatic carbocycles. The minimum absolute atomic E-state index is 0.561. The number of hydrogen-bond acceptors (Lipinski definition) is 8. The molecule has 0 fully saturated rings. The van der Waals surface area contributed by atoms with Gasteiger partial charge in [-0.25, -0.2) is 0 Å². The fourth-order valence-electron chi connectivity index (χ4n) is 6.64. The summed E-state index contributed by atoms with van der Waals surface area (Å²) in [6, 6.07) is 41.9. The molecule has 8 heteroatoms. The van der Waals surface area contributed by atoms with Crippen LogP contribution in [0.25, 0.3) is 11.1 Å². The van der Waals surface area contributed by atoms with Gasteiger partial charge >= 0.3 is 0 Å². The summed E-state index contributed by atoms with van der Waals surface area (Å²) in [7, 11) is 0. The first-order valence-corrected chi connectivity index (χ1v) is 18.7. The average molecular weight is 771 g/mol. The molecule has 0 saturated carbocycles. The van der Waals surface area contributed by atoms with Crippen LogP contribution in [0.15, 0.2) is 160 Å². The van der Waals surface area contributed by atoms with Gasteiger partial charge in [-0.15, -0.1) is 101 Å². The Morgan fingerprint density at radius 3 is 0.771 bits per heavy atom. The lowest BCUT2D eigenvalue weighted by Gasteiger charge is -2.35. The van der Waals surface area contributed by atoms with Crippen molar-refractivity contribution >= 4 is 101 Å². The first-order chi connectivity index (χ1) is 22.9. The summed E-state index contributed by atoms with van der Waals surface area (Å²) < 4.78 is 0. The molecule has 0 nitrogen and oxygen atoms in total. The topological polar surface area (TPSA) is 0 Å². The van der Waals surface area contributed by atoms with Crippen LogP contribution < -0.4 is 0 Å². The van der Waals surface area contributed by atoms with Crippen LogP contribution >= 0.6 is 101 Å². The maximum atomic E-state index is 4.91. The molecular weight excluding hydrogens is 737 g/mol. The number of rotatable bonds is 7. The monoisotopic (exact) mass is 770 g/mol. The first kappa shape index (κ1) is 35.9. The Kier molecular flexibility index (Phi) is 10.8. The Labute approximate surface area is 327 Å². The van der Waals surface area contributed by atoms with Crippen molar-refractivity contribution in [3.63, 3.8) is 0 Å². The van der Waals surface area contributed by atoms with Gasteiger partial charge in [0.15, 0.2) is 0 Å². The highest BCUT2D eigenvalue weighted by atomic mass is 32.1. The summed E-state index contributed by atoms with van der Waals surface area (Å²) >= 11 is 38.5. The van der Waals surface area contributed by atoms with E-state index in [1.165, 1.54) is 0 Å². The van der Waals surface area contributed by atoms with E-state index in [-0.39, 0.29) is 0 Å². The van der Waals surface area contributed by atoms with Gasteiger partial charge in [-0.05, 0) is 82.6 Å². The second-order valence-electron chi connectivity index (χ2n) is 12.1. The second kappa shape index (κ2) is 14.4. The van der Waals surface area contributed by atoms with Crippen molar-refractivity contribution in [1.82, 2.24) is 0 Å². The standard InChI is InChI=1S/C40H34S8/c1-39(27-7-3-11-31(41)35(27)45,28-8-4-12-32(42)36(28)46)25-19-15-23(16-20-25)24-17-21-26(22-18-24)40(2,29-9-5-13-33(43)37(29)47)30-10-6-14-34(44)38(30)48/h3-22,41-48H,1-2H3. The smallest absolute Gasteiger partial charge is 0.0446 e. The van der Waals surface area contributed by atoms with Gasteiger partial charge in [0.2, 0.25) is 0 Å². The summed E-state index contributed by atoms with van der Waals surface area (Å²) in [6.07, 6.45) is 0. The normalized spacial score (nSPS) is 12.0. The van der Waals surface area contributed by atoms with Crippen molar-refractivity contribution < 1.29 is 0 Å². The third kappa shape index (κ3) is 6.30. The van der Waals surface area contributed by atoms with Gasteiger partial charge in [0.1, 0.15) is 0 Å². The number of hydrogen-bond donors (Lipinski definition) is 8. The predicted molar refractivity (Wildman–Crippen MR) is 227 cm³/mol. The largest absolute Gasteiger partial charge is 0.142 e. The zero-order valence-corrected chi connectivity index (χ0v) is 33.3. The van der Waals surface area contributed by atoms with Crippen molar-refractivity contribution in [2.45, 2.75) is 63.8 Å². The van der Waals surface area contributed by atoms with Gasteiger partial charge in [-0.1, -0.05) is 97.1 Å². The third-order valence-electron chi connectivity index (χ3n) is 9.47. The van der Waals surface area contributed by atoms with E-state index in [1.807, 2.05) is 48.5 Å². The molecule has 6 aromatic rings. The van der Waals surface area contributed by atoms with Crippen LogP contribution in [-0.4, -0.2) is 0 Å². The molecule has 0 N–H and O–H groups in total. The van der Waals surface area contributed by atoms with Crippen LogP contribution in [0, 0.1) is 0 Å². The SMILES string of the molecule is CC(c1ccc(-c2ccc(C(C)(c3cccc(S)c3S)c3cccc(S)c3S)cc2)cc1)(c1cccc(S)c1S)c1cccc(S)c1S. The summed E-state index contributed by atoms with van der Waals surface area (Å²) in [5.74, 6) is 0. The highest BCUT2D eigenvalue weighted by Crippen LogP contribution is 2.48. The van der Waals surface area contributed by atoms with Crippen LogP contribution in [0.3, 0.4) is 0 Å². The van der Waals surface area contributed by atoms with Gasteiger partial charge in [0, 0.05) is 50.0 Å². The minimum Gasteiger partial charge on any atom is -0.142 e. The van der Waals surface area contributed by atoms with E-state index >= 15 is 0 Å². The average Bonchev–Trinajstić information content (AvgIpc) is 3.09. The van der Waals surface area contributed by atoms with Crippen molar-refractivity contribution in [2.24, 2.45) is 0 Å². The Bertz CT molecular complexity index is 1880. The fourth-order valence-corrected chi connectivity index (χ4v) is 8.96. The summed E-state index contributed by atoms with van der Waals surface area (Å²) in [5.41, 5.74) is 7.51. The van der Waals surface area contributed by atoms with E-state index in [0.29, 0.717) is 0 Å². The van der Waals surface area contributed by atoms with Gasteiger partial charge < -0.3 is 0 Å². The summed E-state index contributed by atoms with van der Waals surface area (Å²) in [6.45, 7) is 4.43. The molecule has 0 atom stereocenters. The lowest BCUT2D eigenvalue weighted by Crippen LogP contribution is -2.27. The Morgan fingerprint density at radius 2 is 0.542 bits per heavy atom. The van der Waals surface area contributed by atoms with Crippen LogP contribution in [0.1, 0.15) is 47.2 Å². The van der Waals surface area contributed by atoms with Crippen LogP contribution in [0.4, 0.5) is 0 Å². The van der Waals surface area contributed by atoms with E-state index in [0.717, 1.165) is 83.7 Å². The Hall–Kier alpha value is -1.88. The zero-order chi connectivity index (χ0) is 34.4. The molecule has 0 aliphatic rings. The van der Waals surface area contributed by atoms with Gasteiger partial charge in [-0.2, -0.15) is 0 Å². The minimum atomic E-state index is -0.561. The lowest BCUT2D eigenvalue weighted by atomic mass is 9.70. The Balaban J connectivity index is 1.44. The predicted octanol–water partition coefficient (Wildman–Crippen LogP) is 12.4. The molecule has 0 amide bonds. The van der Waals surface area contributed by atoms with Crippen molar-refractivity contribution in [3.8, 4) is 11.1 Å². The van der Waals surface area contributed by atoms with Crippen LogP contribution in [0.5, 0.6) is 0 Å². The molecule has 0 aliphatic heterocycles. The molecule has 0 heterocycles. The van der Waals surface area contributed by atoms with E-state index in [4.69, 9.17) is 101 Å². The molecular formula is C40H34S8. The van der Waals surface area contributed by atoms with Crippen molar-refractivity contribution in [1.29, 1.82) is 0 Å². The van der Waals surface area contributed by atoms with Crippen LogP contribution in [0.2, 0.25) is 0 Å². The lowest BCUT2D eigenvalue weighted by molar-refractivity contribution is 0.653. The molecule has 0 unspecified atom stereocenters. The van der Waals surface area contributed by atoms with E-state index in [1.54, 1.807) is 0 Å². The van der Waals surface area contributed by atoms with Crippen LogP contribution in [-0.2, 0) is 10.8 Å². The molecule has 0 spiro atoms. The third-order valence-corrected chi connectivity index (χ3v) is 13.6. The Morgan fingerprint density at radius 1 is 0.312 bits per heavy atom. The van der Waals surface area contributed by atoms with Gasteiger partial charge in [0.25, 0.3) is 0 Å². The van der Waals surface area contributed by atoms with Crippen molar-refractivity contribution in [3.05, 3.63) is 155 Å². The molecule has 0 aromatic heterocycles. The maximum absolute atomic E-state index is 4.91. The highest BCUT2D eigenvalue weighted by Gasteiger charge is 2.36. The van der Waals surface area contributed by atoms with E-state index in [9.17, 15) is 0 Å². The van der Waals surface area contributed by atoms with E-state index in [2.05, 4.69) is 86.6 Å². The molecule has 0 saturated heterocycles. The highest BCUT2D eigenvalue weighted by molar-refractivity contribution is 7.84. The van der Waals surface area contributed by atoms with Gasteiger partial charge in [-0.3, -0.25) is 0 Å². The molecule has 0 radical (unpaired) electrons. The molecule has 48 heavy (non-hydrogen) atoms. The van der Waals surface area contributed by atoms with E-state index < -0.39 is 10.8 Å². The number of thiol groups is 8. The molecule has 6 rings (SSSR count).